The van der Waals surface area contributed by atoms with E-state index < -0.39 is 0 Å². The number of aromatic amines is 1. The minimum absolute atomic E-state index is 0.0855. The van der Waals surface area contributed by atoms with Gasteiger partial charge in [-0.05, 0) is 30.2 Å². The average molecular weight is 355 g/mol. The smallest absolute Gasteiger partial charge is 0.259 e. The summed E-state index contributed by atoms with van der Waals surface area (Å²) in [6.07, 6.45) is 10.00. The highest BCUT2D eigenvalue weighted by Crippen LogP contribution is 2.19. The van der Waals surface area contributed by atoms with Crippen molar-refractivity contribution in [3.8, 4) is 11.3 Å². The summed E-state index contributed by atoms with van der Waals surface area (Å²) in [5, 5.41) is 1.23. The van der Waals surface area contributed by atoms with Crippen LogP contribution >= 0.6 is 0 Å². The van der Waals surface area contributed by atoms with Gasteiger partial charge in [-0.15, -0.1) is 0 Å². The minimum atomic E-state index is -0.0855. The largest absolute Gasteiger partial charge is 0.361 e. The summed E-state index contributed by atoms with van der Waals surface area (Å²) in [7, 11) is 0. The third kappa shape index (κ3) is 2.71. The van der Waals surface area contributed by atoms with Gasteiger partial charge in [-0.1, -0.05) is 18.2 Å². The van der Waals surface area contributed by atoms with Crippen molar-refractivity contribution in [1.82, 2.24) is 23.9 Å². The zero-order valence-electron chi connectivity index (χ0n) is 14.5. The van der Waals surface area contributed by atoms with E-state index in [1.807, 2.05) is 35.0 Å². The molecule has 0 unspecified atom stereocenters. The number of nitrogens with zero attached hydrogens (tertiary/aromatic N) is 4. The Balaban J connectivity index is 1.52. The summed E-state index contributed by atoms with van der Waals surface area (Å²) in [5.74, 6) is 0.647. The van der Waals surface area contributed by atoms with Gasteiger partial charge in [0.15, 0.2) is 0 Å². The Labute approximate surface area is 154 Å². The van der Waals surface area contributed by atoms with Crippen molar-refractivity contribution < 1.29 is 0 Å². The van der Waals surface area contributed by atoms with Crippen molar-refractivity contribution in [3.05, 3.63) is 89.4 Å². The molecule has 4 heterocycles. The molecule has 4 aromatic heterocycles. The molecule has 5 aromatic rings. The van der Waals surface area contributed by atoms with Crippen molar-refractivity contribution in [1.29, 1.82) is 0 Å². The predicted octanol–water partition coefficient (Wildman–Crippen LogP) is 3.28. The zero-order chi connectivity index (χ0) is 18.2. The van der Waals surface area contributed by atoms with E-state index in [-0.39, 0.29) is 5.56 Å². The second-order valence-corrected chi connectivity index (χ2v) is 6.49. The summed E-state index contributed by atoms with van der Waals surface area (Å²) >= 11 is 0. The fourth-order valence-electron chi connectivity index (χ4n) is 3.46. The topological polar surface area (TPSA) is 68.0 Å². The first kappa shape index (κ1) is 15.6. The van der Waals surface area contributed by atoms with Crippen molar-refractivity contribution in [2.75, 3.05) is 0 Å². The molecule has 5 rings (SSSR count). The van der Waals surface area contributed by atoms with E-state index in [0.717, 1.165) is 24.0 Å². The molecule has 6 nitrogen and oxygen atoms in total. The summed E-state index contributed by atoms with van der Waals surface area (Å²) in [5.41, 5.74) is 3.85. The molecule has 1 N–H and O–H groups in total. The second kappa shape index (κ2) is 6.25. The van der Waals surface area contributed by atoms with Gasteiger partial charge >= 0.3 is 0 Å². The standard InChI is InChI=1S/C21H17N5O/c27-20-13-19(15-5-8-22-9-6-15)24-21-25(11-12-26(20)21)10-7-16-14-23-18-4-2-1-3-17(16)18/h1-6,8-9,11-14,23H,7,10H2. The monoisotopic (exact) mass is 355 g/mol. The van der Waals surface area contributed by atoms with E-state index in [1.165, 1.54) is 10.9 Å². The first-order valence-corrected chi connectivity index (χ1v) is 8.83. The maximum atomic E-state index is 12.5. The maximum absolute atomic E-state index is 12.5. The number of aryl methyl sites for hydroxylation is 2. The van der Waals surface area contributed by atoms with Gasteiger partial charge < -0.3 is 9.55 Å². The molecule has 1 aromatic carbocycles. The highest BCUT2D eigenvalue weighted by atomic mass is 16.1. The molecule has 0 fully saturated rings. The number of pyridine rings is 1. The number of nitrogens with one attached hydrogen (secondary N) is 1. The van der Waals surface area contributed by atoms with Crippen LogP contribution in [0.25, 0.3) is 27.9 Å². The van der Waals surface area contributed by atoms with Crippen LogP contribution in [-0.2, 0) is 13.0 Å². The molecule has 0 saturated heterocycles. The van der Waals surface area contributed by atoms with Crippen LogP contribution in [0.4, 0.5) is 0 Å². The van der Waals surface area contributed by atoms with Crippen molar-refractivity contribution in [2.45, 2.75) is 13.0 Å². The van der Waals surface area contributed by atoms with Crippen LogP contribution in [-0.4, -0.2) is 23.9 Å². The number of aromatic nitrogens is 5. The van der Waals surface area contributed by atoms with E-state index >= 15 is 0 Å². The lowest BCUT2D eigenvalue weighted by Crippen LogP contribution is -2.14. The second-order valence-electron chi connectivity index (χ2n) is 6.49. The normalized spacial score (nSPS) is 11.4. The number of fused-ring (bicyclic) bond motifs is 2. The van der Waals surface area contributed by atoms with Crippen LogP contribution in [0.3, 0.4) is 0 Å². The van der Waals surface area contributed by atoms with E-state index in [1.54, 1.807) is 29.1 Å². The number of hydrogen-bond donors (Lipinski definition) is 1. The Hall–Kier alpha value is -3.67. The number of benzene rings is 1. The van der Waals surface area contributed by atoms with E-state index in [4.69, 9.17) is 4.98 Å². The Bertz CT molecular complexity index is 1300. The van der Waals surface area contributed by atoms with E-state index in [0.29, 0.717) is 11.5 Å². The quantitative estimate of drug-likeness (QED) is 0.538. The molecule has 27 heavy (non-hydrogen) atoms. The number of imidazole rings is 1. The lowest BCUT2D eigenvalue weighted by atomic mass is 10.1. The molecule has 0 saturated carbocycles. The molecule has 0 spiro atoms. The lowest BCUT2D eigenvalue weighted by Gasteiger charge is -2.06. The Morgan fingerprint density at radius 2 is 1.89 bits per heavy atom. The van der Waals surface area contributed by atoms with Crippen molar-refractivity contribution in [2.24, 2.45) is 0 Å². The third-order valence-electron chi connectivity index (χ3n) is 4.86. The third-order valence-corrected chi connectivity index (χ3v) is 4.86. The van der Waals surface area contributed by atoms with Crippen LogP contribution in [0.15, 0.2) is 78.2 Å². The minimum Gasteiger partial charge on any atom is -0.361 e. The van der Waals surface area contributed by atoms with Gasteiger partial charge in [0.2, 0.25) is 5.78 Å². The van der Waals surface area contributed by atoms with Gasteiger partial charge in [0.25, 0.3) is 5.56 Å². The Morgan fingerprint density at radius 3 is 2.78 bits per heavy atom. The Morgan fingerprint density at radius 1 is 1.04 bits per heavy atom. The predicted molar refractivity (Wildman–Crippen MR) is 105 cm³/mol. The Kier molecular flexibility index (Phi) is 3.60. The molecular weight excluding hydrogens is 338 g/mol. The molecule has 0 atom stereocenters. The molecule has 0 amide bonds. The first-order chi connectivity index (χ1) is 13.3. The van der Waals surface area contributed by atoms with Gasteiger partial charge in [-0.3, -0.25) is 14.2 Å². The molecule has 0 aliphatic carbocycles. The van der Waals surface area contributed by atoms with Gasteiger partial charge in [-0.2, -0.15) is 0 Å². The maximum Gasteiger partial charge on any atom is 0.259 e. The zero-order valence-corrected chi connectivity index (χ0v) is 14.5. The lowest BCUT2D eigenvalue weighted by molar-refractivity contribution is 0.711. The highest BCUT2D eigenvalue weighted by Gasteiger charge is 2.10. The van der Waals surface area contributed by atoms with Crippen LogP contribution in [0, 0.1) is 0 Å². The molecule has 0 radical (unpaired) electrons. The van der Waals surface area contributed by atoms with E-state index in [2.05, 4.69) is 28.3 Å². The summed E-state index contributed by atoms with van der Waals surface area (Å²) in [6.45, 7) is 0.741. The fourth-order valence-corrected chi connectivity index (χ4v) is 3.46. The molecule has 6 heteroatoms. The van der Waals surface area contributed by atoms with Gasteiger partial charge in [-0.25, -0.2) is 4.98 Å². The molecule has 132 valence electrons. The molecule has 0 aliphatic rings. The number of para-hydroxylation sites is 1. The van der Waals surface area contributed by atoms with Crippen LogP contribution in [0.1, 0.15) is 5.56 Å². The summed E-state index contributed by atoms with van der Waals surface area (Å²) in [4.78, 5) is 24.5. The van der Waals surface area contributed by atoms with Crippen LogP contribution < -0.4 is 5.56 Å². The summed E-state index contributed by atoms with van der Waals surface area (Å²) < 4.78 is 3.60. The van der Waals surface area contributed by atoms with Crippen LogP contribution in [0.5, 0.6) is 0 Å². The van der Waals surface area contributed by atoms with Crippen molar-refractivity contribution in [3.63, 3.8) is 0 Å². The number of rotatable bonds is 4. The van der Waals surface area contributed by atoms with Crippen LogP contribution in [0.2, 0.25) is 0 Å². The first-order valence-electron chi connectivity index (χ1n) is 8.83. The molecule has 0 bridgehead atoms. The van der Waals surface area contributed by atoms with Gasteiger partial charge in [0, 0.05) is 60.1 Å². The van der Waals surface area contributed by atoms with E-state index in [9.17, 15) is 4.79 Å². The SMILES string of the molecule is O=c1cc(-c2ccncc2)nc2n(CCc3c[nH]c4ccccc34)ccn12. The molecular formula is C21H17N5O. The summed E-state index contributed by atoms with van der Waals surface area (Å²) in [6, 6.07) is 13.6. The fraction of sp³-hybridized carbons (Fsp3) is 0.0952. The number of H-pyrrole nitrogens is 1. The molecule has 0 aliphatic heterocycles. The highest BCUT2D eigenvalue weighted by molar-refractivity contribution is 5.83. The van der Waals surface area contributed by atoms with Gasteiger partial charge in [0.05, 0.1) is 5.69 Å². The average Bonchev–Trinajstić information content (AvgIpc) is 3.31. The van der Waals surface area contributed by atoms with Crippen molar-refractivity contribution >= 4 is 16.7 Å². The van der Waals surface area contributed by atoms with Gasteiger partial charge in [0.1, 0.15) is 0 Å². The number of hydrogen-bond acceptors (Lipinski definition) is 3.